The molecule has 0 unspecified atom stereocenters. The Kier molecular flexibility index (Phi) is 11.1. The van der Waals surface area contributed by atoms with E-state index in [1.54, 1.807) is 5.82 Å². The summed E-state index contributed by atoms with van der Waals surface area (Å²) in [5, 5.41) is 0. The normalized spacial score (nSPS) is 11.2. The zero-order valence-electron chi connectivity index (χ0n) is 15.4. The van der Waals surface area contributed by atoms with Gasteiger partial charge in [-0.1, -0.05) is 65.2 Å². The molecule has 1 aromatic rings. The smallest absolute Gasteiger partial charge is 0.235 e. The van der Waals surface area contributed by atoms with Crippen molar-refractivity contribution < 1.29 is 4.57 Å². The summed E-state index contributed by atoms with van der Waals surface area (Å²) >= 11 is 0. The molecule has 1 aromatic heterocycles. The Balaban J connectivity index is 2.31. The molecule has 2 heteroatoms. The van der Waals surface area contributed by atoms with Crippen molar-refractivity contribution in [2.24, 2.45) is 0 Å². The van der Waals surface area contributed by atoms with Crippen LogP contribution in [0.25, 0.3) is 0 Å². The molecule has 2 nitrogen and oxygen atoms in total. The second-order valence-electron chi connectivity index (χ2n) is 6.63. The van der Waals surface area contributed by atoms with E-state index < -0.39 is 0 Å². The van der Waals surface area contributed by atoms with E-state index in [0.29, 0.717) is 0 Å². The van der Waals surface area contributed by atoms with Gasteiger partial charge in [-0.05, 0) is 26.2 Å². The van der Waals surface area contributed by atoms with E-state index in [2.05, 4.69) is 42.3 Å². The Hall–Kier alpha value is -0.790. The number of rotatable bonds is 14. The molecule has 0 aromatic carbocycles. The maximum absolute atomic E-state index is 2.51. The number of aryl methyl sites for hydroxylation is 2. The first-order valence-electron chi connectivity index (χ1n) is 9.90. The first-order valence-corrected chi connectivity index (χ1v) is 9.90. The van der Waals surface area contributed by atoms with Crippen molar-refractivity contribution in [1.29, 1.82) is 0 Å². The second-order valence-corrected chi connectivity index (χ2v) is 6.63. The molecule has 0 aliphatic heterocycles. The highest BCUT2D eigenvalue weighted by Gasteiger charge is 2.15. The fraction of sp³-hybridized carbons (Fsp3) is 0.850. The van der Waals surface area contributed by atoms with E-state index >= 15 is 0 Å². The van der Waals surface area contributed by atoms with E-state index in [1.807, 2.05) is 0 Å². The number of hydrogen-bond acceptors (Lipinski definition) is 0. The lowest BCUT2D eigenvalue weighted by Crippen LogP contribution is -2.37. The van der Waals surface area contributed by atoms with Crippen molar-refractivity contribution in [2.75, 3.05) is 0 Å². The zero-order chi connectivity index (χ0) is 16.0. The summed E-state index contributed by atoms with van der Waals surface area (Å²) in [7, 11) is 0. The van der Waals surface area contributed by atoms with Crippen molar-refractivity contribution in [2.45, 2.75) is 111 Å². The highest BCUT2D eigenvalue weighted by atomic mass is 15.1. The van der Waals surface area contributed by atoms with Crippen LogP contribution in [0.4, 0.5) is 0 Å². The van der Waals surface area contributed by atoms with Gasteiger partial charge in [0.2, 0.25) is 0 Å². The SMILES string of the molecule is CCCCCCCCCc1n(CC)cc[n+]1CCCCCC. The van der Waals surface area contributed by atoms with Crippen molar-refractivity contribution in [3.8, 4) is 0 Å². The second kappa shape index (κ2) is 12.7. The van der Waals surface area contributed by atoms with Gasteiger partial charge in [0.1, 0.15) is 12.4 Å². The topological polar surface area (TPSA) is 8.81 Å². The van der Waals surface area contributed by atoms with Gasteiger partial charge in [0.15, 0.2) is 0 Å². The molecule has 1 heterocycles. The molecule has 0 aliphatic carbocycles. The van der Waals surface area contributed by atoms with Crippen molar-refractivity contribution in [3.63, 3.8) is 0 Å². The molecule has 0 saturated heterocycles. The first-order chi connectivity index (χ1) is 10.8. The van der Waals surface area contributed by atoms with Gasteiger partial charge in [-0.2, -0.15) is 0 Å². The lowest BCUT2D eigenvalue weighted by Gasteiger charge is -2.05. The number of imidazole rings is 1. The van der Waals surface area contributed by atoms with E-state index in [9.17, 15) is 0 Å². The average molecular weight is 308 g/mol. The maximum Gasteiger partial charge on any atom is 0.256 e. The lowest BCUT2D eigenvalue weighted by molar-refractivity contribution is -0.704. The number of hydrogen-bond donors (Lipinski definition) is 0. The monoisotopic (exact) mass is 307 g/mol. The highest BCUT2D eigenvalue weighted by Crippen LogP contribution is 2.10. The molecule has 0 fully saturated rings. The van der Waals surface area contributed by atoms with Crippen LogP contribution in [0, 0.1) is 0 Å². The Morgan fingerprint density at radius 3 is 2.00 bits per heavy atom. The summed E-state index contributed by atoms with van der Waals surface area (Å²) in [5.74, 6) is 1.55. The van der Waals surface area contributed by atoms with Crippen LogP contribution in [0.3, 0.4) is 0 Å². The molecule has 0 aliphatic rings. The van der Waals surface area contributed by atoms with Crippen LogP contribution in [0.15, 0.2) is 12.4 Å². The number of nitrogens with zero attached hydrogens (tertiary/aromatic N) is 2. The molecule has 0 spiro atoms. The van der Waals surface area contributed by atoms with Crippen molar-refractivity contribution in [3.05, 3.63) is 18.2 Å². The summed E-state index contributed by atoms with van der Waals surface area (Å²) < 4.78 is 4.95. The maximum atomic E-state index is 2.51. The molecule has 128 valence electrons. The van der Waals surface area contributed by atoms with Crippen molar-refractivity contribution >= 4 is 0 Å². The van der Waals surface area contributed by atoms with Gasteiger partial charge in [0, 0.05) is 6.42 Å². The number of aromatic nitrogens is 2. The van der Waals surface area contributed by atoms with Crippen LogP contribution >= 0.6 is 0 Å². The third kappa shape index (κ3) is 7.47. The van der Waals surface area contributed by atoms with Crippen LogP contribution < -0.4 is 4.57 Å². The van der Waals surface area contributed by atoms with Gasteiger partial charge < -0.3 is 0 Å². The summed E-state index contributed by atoms with van der Waals surface area (Å²) in [6.45, 7) is 9.15. The quantitative estimate of drug-likeness (QED) is 0.309. The molecular weight excluding hydrogens is 268 g/mol. The molecule has 0 saturated carbocycles. The largest absolute Gasteiger partial charge is 0.256 e. The van der Waals surface area contributed by atoms with Crippen LogP contribution in [-0.4, -0.2) is 4.57 Å². The molecule has 0 amide bonds. The minimum atomic E-state index is 1.10. The minimum Gasteiger partial charge on any atom is -0.235 e. The van der Waals surface area contributed by atoms with Crippen molar-refractivity contribution in [1.82, 2.24) is 4.57 Å². The Labute approximate surface area is 138 Å². The van der Waals surface area contributed by atoms with Gasteiger partial charge in [0.25, 0.3) is 5.82 Å². The summed E-state index contributed by atoms with van der Waals surface area (Å²) in [4.78, 5) is 0. The third-order valence-electron chi connectivity index (χ3n) is 4.69. The Morgan fingerprint density at radius 1 is 0.773 bits per heavy atom. The van der Waals surface area contributed by atoms with Gasteiger partial charge in [0.05, 0.1) is 13.1 Å². The van der Waals surface area contributed by atoms with E-state index in [0.717, 1.165) is 6.54 Å². The van der Waals surface area contributed by atoms with Gasteiger partial charge in [-0.3, -0.25) is 0 Å². The molecule has 0 N–H and O–H groups in total. The van der Waals surface area contributed by atoms with E-state index in [1.165, 1.54) is 83.6 Å². The molecule has 22 heavy (non-hydrogen) atoms. The minimum absolute atomic E-state index is 1.10. The molecule has 0 radical (unpaired) electrons. The molecular formula is C20H39N2+. The van der Waals surface area contributed by atoms with Gasteiger partial charge in [-0.25, -0.2) is 9.13 Å². The Bertz CT molecular complexity index is 368. The lowest BCUT2D eigenvalue weighted by atomic mass is 10.1. The summed E-state index contributed by atoms with van der Waals surface area (Å²) in [5.41, 5.74) is 0. The predicted octanol–water partition coefficient (Wildman–Crippen LogP) is 5.67. The highest BCUT2D eigenvalue weighted by molar-refractivity contribution is 4.83. The first kappa shape index (κ1) is 19.3. The van der Waals surface area contributed by atoms with Crippen LogP contribution in [0.5, 0.6) is 0 Å². The zero-order valence-corrected chi connectivity index (χ0v) is 15.4. The molecule has 0 bridgehead atoms. The Morgan fingerprint density at radius 2 is 1.36 bits per heavy atom. The summed E-state index contributed by atoms with van der Waals surface area (Å²) in [6, 6.07) is 0. The fourth-order valence-electron chi connectivity index (χ4n) is 3.23. The van der Waals surface area contributed by atoms with Crippen LogP contribution in [0.2, 0.25) is 0 Å². The summed E-state index contributed by atoms with van der Waals surface area (Å²) in [6.07, 6.45) is 21.0. The molecule has 1 rings (SSSR count). The average Bonchev–Trinajstić information content (AvgIpc) is 2.93. The predicted molar refractivity (Wildman–Crippen MR) is 96.1 cm³/mol. The van der Waals surface area contributed by atoms with Gasteiger partial charge in [-0.15, -0.1) is 0 Å². The molecule has 0 atom stereocenters. The van der Waals surface area contributed by atoms with Crippen LogP contribution in [-0.2, 0) is 19.5 Å². The van der Waals surface area contributed by atoms with E-state index in [-0.39, 0.29) is 0 Å². The third-order valence-corrected chi connectivity index (χ3v) is 4.69. The van der Waals surface area contributed by atoms with Crippen LogP contribution in [0.1, 0.15) is 97.2 Å². The fourth-order valence-corrected chi connectivity index (χ4v) is 3.23. The number of unbranched alkanes of at least 4 members (excludes halogenated alkanes) is 9. The standard InChI is InChI=1S/C20H39N2/c1-4-7-9-11-12-13-14-16-20-21(6-3)18-19-22(20)17-15-10-8-5-2/h18-19H,4-17H2,1-3H3/q+1. The van der Waals surface area contributed by atoms with E-state index in [4.69, 9.17) is 0 Å². The van der Waals surface area contributed by atoms with Gasteiger partial charge >= 0.3 is 0 Å².